The highest BCUT2D eigenvalue weighted by atomic mass is 16.6. The normalized spacial score (nSPS) is 14.3. The standard InChI is InChI=1S/C35H44N2O3/c1-3-4-5-10-23-36-35(38)40-33-21-17-31(18-22-33)34(28(2)29-13-8-6-9-14-29)30-15-19-32(20-16-30)39-27-26-37-24-11-7-12-25-37/h6,8-9,13-22H,3-5,7,10-12,23-27H2,1-2H3,(H,36,38)/b34-28+. The highest BCUT2D eigenvalue weighted by Gasteiger charge is 2.13. The molecule has 5 heteroatoms. The Morgan fingerprint density at radius 2 is 1.43 bits per heavy atom. The average molecular weight is 541 g/mol. The maximum Gasteiger partial charge on any atom is 0.412 e. The first kappa shape index (κ1) is 29.4. The van der Waals surface area contributed by atoms with E-state index in [1.807, 2.05) is 30.3 Å². The first-order valence-electron chi connectivity index (χ1n) is 14.9. The Balaban J connectivity index is 1.45. The molecule has 3 aromatic carbocycles. The number of amides is 1. The summed E-state index contributed by atoms with van der Waals surface area (Å²) in [6, 6.07) is 26.6. The lowest BCUT2D eigenvalue weighted by Gasteiger charge is -2.26. The number of unbranched alkanes of at least 4 members (excludes halogenated alkanes) is 3. The molecule has 1 heterocycles. The molecule has 0 aromatic heterocycles. The number of hydrogen-bond donors (Lipinski definition) is 1. The Morgan fingerprint density at radius 3 is 2.08 bits per heavy atom. The van der Waals surface area contributed by atoms with E-state index in [0.29, 0.717) is 18.9 Å². The summed E-state index contributed by atoms with van der Waals surface area (Å²) in [4.78, 5) is 14.7. The van der Waals surface area contributed by atoms with E-state index >= 15 is 0 Å². The molecular weight excluding hydrogens is 496 g/mol. The van der Waals surface area contributed by atoms with Gasteiger partial charge in [0.2, 0.25) is 0 Å². The second kappa shape index (κ2) is 15.9. The number of rotatable bonds is 13. The van der Waals surface area contributed by atoms with Crippen molar-refractivity contribution in [1.82, 2.24) is 10.2 Å². The summed E-state index contributed by atoms with van der Waals surface area (Å²) < 4.78 is 11.6. The molecule has 0 spiro atoms. The van der Waals surface area contributed by atoms with Crippen LogP contribution in [0.15, 0.2) is 78.9 Å². The highest BCUT2D eigenvalue weighted by molar-refractivity contribution is 5.98. The van der Waals surface area contributed by atoms with Gasteiger partial charge in [-0.2, -0.15) is 0 Å². The zero-order valence-electron chi connectivity index (χ0n) is 24.2. The van der Waals surface area contributed by atoms with Gasteiger partial charge in [0.1, 0.15) is 18.1 Å². The van der Waals surface area contributed by atoms with Gasteiger partial charge in [-0.05, 0) is 91.4 Å². The molecule has 40 heavy (non-hydrogen) atoms. The molecule has 0 saturated carbocycles. The van der Waals surface area contributed by atoms with Crippen molar-refractivity contribution < 1.29 is 14.3 Å². The summed E-state index contributed by atoms with van der Waals surface area (Å²) >= 11 is 0. The minimum atomic E-state index is -0.406. The lowest BCUT2D eigenvalue weighted by Crippen LogP contribution is -2.33. The number of likely N-dealkylation sites (tertiary alicyclic amines) is 1. The Labute approximate surface area is 240 Å². The van der Waals surface area contributed by atoms with E-state index < -0.39 is 6.09 Å². The molecule has 1 aliphatic rings. The molecule has 1 fully saturated rings. The van der Waals surface area contributed by atoms with Crippen LogP contribution in [0.2, 0.25) is 0 Å². The number of hydrogen-bond acceptors (Lipinski definition) is 4. The Bertz CT molecular complexity index is 1200. The van der Waals surface area contributed by atoms with Crippen molar-refractivity contribution in [3.8, 4) is 11.5 Å². The lowest BCUT2D eigenvalue weighted by molar-refractivity contribution is 0.183. The smallest absolute Gasteiger partial charge is 0.412 e. The molecule has 0 radical (unpaired) electrons. The predicted octanol–water partition coefficient (Wildman–Crippen LogP) is 8.20. The number of piperidine rings is 1. The molecule has 5 nitrogen and oxygen atoms in total. The molecule has 0 aliphatic carbocycles. The van der Waals surface area contributed by atoms with Crippen LogP contribution in [0.5, 0.6) is 11.5 Å². The van der Waals surface area contributed by atoms with Gasteiger partial charge in [-0.25, -0.2) is 4.79 Å². The number of carbonyl (C=O) groups excluding carboxylic acids is 1. The number of nitrogens with one attached hydrogen (secondary N) is 1. The van der Waals surface area contributed by atoms with Crippen LogP contribution < -0.4 is 14.8 Å². The summed E-state index contributed by atoms with van der Waals surface area (Å²) in [6.45, 7) is 9.02. The fourth-order valence-corrected chi connectivity index (χ4v) is 5.20. The molecule has 0 bridgehead atoms. The third kappa shape index (κ3) is 8.99. The monoisotopic (exact) mass is 540 g/mol. The maximum atomic E-state index is 12.2. The van der Waals surface area contributed by atoms with Crippen LogP contribution in [0, 0.1) is 0 Å². The van der Waals surface area contributed by atoms with Crippen LogP contribution in [-0.4, -0.2) is 43.8 Å². The van der Waals surface area contributed by atoms with Gasteiger partial charge in [0.05, 0.1) is 0 Å². The third-order valence-corrected chi connectivity index (χ3v) is 7.50. The van der Waals surface area contributed by atoms with Gasteiger partial charge in [-0.1, -0.05) is 87.2 Å². The summed E-state index contributed by atoms with van der Waals surface area (Å²) in [5, 5.41) is 2.85. The fraction of sp³-hybridized carbons (Fsp3) is 0.400. The molecule has 4 rings (SSSR count). The van der Waals surface area contributed by atoms with E-state index in [1.165, 1.54) is 56.3 Å². The van der Waals surface area contributed by atoms with E-state index in [2.05, 4.69) is 72.6 Å². The number of nitrogens with zero attached hydrogens (tertiary/aromatic N) is 1. The quantitative estimate of drug-likeness (QED) is 0.175. The van der Waals surface area contributed by atoms with Gasteiger partial charge in [0, 0.05) is 13.1 Å². The number of benzene rings is 3. The molecule has 0 unspecified atom stereocenters. The largest absolute Gasteiger partial charge is 0.492 e. The number of carbonyl (C=O) groups is 1. The minimum absolute atomic E-state index is 0.406. The van der Waals surface area contributed by atoms with Crippen LogP contribution in [0.25, 0.3) is 11.1 Å². The molecule has 3 aromatic rings. The third-order valence-electron chi connectivity index (χ3n) is 7.50. The van der Waals surface area contributed by atoms with E-state index in [9.17, 15) is 4.79 Å². The van der Waals surface area contributed by atoms with Crippen molar-refractivity contribution in [2.24, 2.45) is 0 Å². The Kier molecular flexibility index (Phi) is 11.7. The van der Waals surface area contributed by atoms with E-state index in [0.717, 1.165) is 41.8 Å². The number of allylic oxidation sites excluding steroid dienone is 1. The molecule has 1 aliphatic heterocycles. The van der Waals surface area contributed by atoms with Gasteiger partial charge < -0.3 is 14.8 Å². The van der Waals surface area contributed by atoms with Crippen LogP contribution in [0.4, 0.5) is 4.79 Å². The van der Waals surface area contributed by atoms with Crippen molar-refractivity contribution in [2.75, 3.05) is 32.8 Å². The van der Waals surface area contributed by atoms with E-state index in [4.69, 9.17) is 9.47 Å². The molecular formula is C35H44N2O3. The van der Waals surface area contributed by atoms with Gasteiger partial charge in [0.25, 0.3) is 0 Å². The van der Waals surface area contributed by atoms with Crippen molar-refractivity contribution in [1.29, 1.82) is 0 Å². The summed E-state index contributed by atoms with van der Waals surface area (Å²) in [5.41, 5.74) is 5.66. The Morgan fingerprint density at radius 1 is 0.775 bits per heavy atom. The molecule has 0 atom stereocenters. The van der Waals surface area contributed by atoms with Gasteiger partial charge in [-0.3, -0.25) is 4.90 Å². The van der Waals surface area contributed by atoms with Gasteiger partial charge >= 0.3 is 6.09 Å². The first-order chi connectivity index (χ1) is 19.6. The van der Waals surface area contributed by atoms with E-state index in [1.54, 1.807) is 0 Å². The van der Waals surface area contributed by atoms with Crippen LogP contribution in [-0.2, 0) is 0 Å². The second-order valence-electron chi connectivity index (χ2n) is 10.5. The fourth-order valence-electron chi connectivity index (χ4n) is 5.20. The second-order valence-corrected chi connectivity index (χ2v) is 10.5. The summed E-state index contributed by atoms with van der Waals surface area (Å²) in [5.74, 6) is 1.42. The lowest BCUT2D eigenvalue weighted by atomic mass is 9.90. The first-order valence-corrected chi connectivity index (χ1v) is 14.9. The SMILES string of the molecule is CCCCCCNC(=O)Oc1ccc(/C(=C(\C)c2ccccc2)c2ccc(OCCN3CCCCC3)cc2)cc1. The van der Waals surface area contributed by atoms with E-state index in [-0.39, 0.29) is 0 Å². The van der Waals surface area contributed by atoms with Crippen LogP contribution in [0.1, 0.15) is 75.5 Å². The minimum Gasteiger partial charge on any atom is -0.492 e. The topological polar surface area (TPSA) is 50.8 Å². The van der Waals surface area contributed by atoms with Crippen LogP contribution >= 0.6 is 0 Å². The maximum absolute atomic E-state index is 12.2. The molecule has 1 amide bonds. The molecule has 1 N–H and O–H groups in total. The zero-order chi connectivity index (χ0) is 28.0. The summed E-state index contributed by atoms with van der Waals surface area (Å²) in [6.07, 6.45) is 7.98. The molecule has 212 valence electrons. The average Bonchev–Trinajstić information content (AvgIpc) is 3.00. The highest BCUT2D eigenvalue weighted by Crippen LogP contribution is 2.33. The zero-order valence-corrected chi connectivity index (χ0v) is 24.2. The Hall–Kier alpha value is -3.57. The van der Waals surface area contributed by atoms with Crippen molar-refractivity contribution in [3.63, 3.8) is 0 Å². The number of ether oxygens (including phenoxy) is 2. The van der Waals surface area contributed by atoms with Gasteiger partial charge in [0.15, 0.2) is 0 Å². The summed E-state index contributed by atoms with van der Waals surface area (Å²) in [7, 11) is 0. The van der Waals surface area contributed by atoms with Crippen LogP contribution in [0.3, 0.4) is 0 Å². The van der Waals surface area contributed by atoms with Crippen molar-refractivity contribution in [2.45, 2.75) is 58.8 Å². The van der Waals surface area contributed by atoms with Gasteiger partial charge in [-0.15, -0.1) is 0 Å². The van der Waals surface area contributed by atoms with Crippen molar-refractivity contribution in [3.05, 3.63) is 95.6 Å². The predicted molar refractivity (Wildman–Crippen MR) is 165 cm³/mol. The van der Waals surface area contributed by atoms with Crippen molar-refractivity contribution >= 4 is 17.2 Å². The molecule has 1 saturated heterocycles.